The molecule has 2 aliphatic rings. The van der Waals surface area contributed by atoms with Crippen molar-refractivity contribution in [2.75, 3.05) is 19.8 Å². The van der Waals surface area contributed by atoms with Crippen LogP contribution in [0.5, 0.6) is 0 Å². The first-order chi connectivity index (χ1) is 10.9. The van der Waals surface area contributed by atoms with E-state index in [2.05, 4.69) is 0 Å². The quantitative estimate of drug-likeness (QED) is 0.852. The van der Waals surface area contributed by atoms with Gasteiger partial charge >= 0.3 is 0 Å². The second-order valence-corrected chi connectivity index (χ2v) is 8.50. The lowest BCUT2D eigenvalue weighted by atomic mass is 9.95. The number of ether oxygens (including phenoxy) is 1. The number of thiophene rings is 1. The monoisotopic (exact) mass is 358 g/mol. The molecule has 2 N–H and O–H groups in total. The molecular formula is C14H18N2O5S2. The van der Waals surface area contributed by atoms with Crippen molar-refractivity contribution in [2.45, 2.75) is 29.5 Å². The minimum atomic E-state index is -3.82. The van der Waals surface area contributed by atoms with Gasteiger partial charge in [-0.25, -0.2) is 13.6 Å². The fourth-order valence-corrected chi connectivity index (χ4v) is 4.78. The van der Waals surface area contributed by atoms with Crippen molar-refractivity contribution < 1.29 is 22.7 Å². The SMILES string of the molecule is NS(=O)(=O)c1cc(C(=O)N2CCOCC2C2CCCC2=O)cs1. The van der Waals surface area contributed by atoms with Crippen LogP contribution in [0.3, 0.4) is 0 Å². The summed E-state index contributed by atoms with van der Waals surface area (Å²) in [6.45, 7) is 1.15. The Labute approximate surface area is 138 Å². The van der Waals surface area contributed by atoms with Gasteiger partial charge in [-0.05, 0) is 18.9 Å². The van der Waals surface area contributed by atoms with E-state index in [1.807, 2.05) is 0 Å². The van der Waals surface area contributed by atoms with Gasteiger partial charge in [-0.3, -0.25) is 9.59 Å². The summed E-state index contributed by atoms with van der Waals surface area (Å²) in [6.07, 6.45) is 2.16. The number of morpholine rings is 1. The van der Waals surface area contributed by atoms with Gasteiger partial charge in [0.25, 0.3) is 5.91 Å². The number of rotatable bonds is 3. The highest BCUT2D eigenvalue weighted by atomic mass is 32.2. The number of amides is 1. The van der Waals surface area contributed by atoms with E-state index >= 15 is 0 Å². The number of ketones is 1. The van der Waals surface area contributed by atoms with Gasteiger partial charge in [0.15, 0.2) is 0 Å². The standard InChI is InChI=1S/C14H18N2O5S2/c15-23(19,20)13-6-9(8-22-13)14(18)16-4-5-21-7-11(16)10-2-1-3-12(10)17/h6,8,10-11H,1-5,7H2,(H2,15,19,20). The first-order valence-corrected chi connectivity index (χ1v) is 9.83. The molecule has 2 atom stereocenters. The van der Waals surface area contributed by atoms with Crippen molar-refractivity contribution in [3.8, 4) is 0 Å². The molecule has 23 heavy (non-hydrogen) atoms. The second-order valence-electron chi connectivity index (χ2n) is 5.81. The summed E-state index contributed by atoms with van der Waals surface area (Å²) in [6, 6.07) is 1.02. The summed E-state index contributed by atoms with van der Waals surface area (Å²) in [4.78, 5) is 26.4. The van der Waals surface area contributed by atoms with E-state index in [0.29, 0.717) is 26.2 Å². The molecule has 9 heteroatoms. The van der Waals surface area contributed by atoms with Gasteiger partial charge < -0.3 is 9.64 Å². The number of nitrogens with zero attached hydrogens (tertiary/aromatic N) is 1. The number of hydrogen-bond acceptors (Lipinski definition) is 6. The van der Waals surface area contributed by atoms with Crippen LogP contribution >= 0.6 is 11.3 Å². The van der Waals surface area contributed by atoms with Crippen molar-refractivity contribution in [3.63, 3.8) is 0 Å². The number of primary sulfonamides is 1. The van der Waals surface area contributed by atoms with Crippen LogP contribution in [0.25, 0.3) is 0 Å². The van der Waals surface area contributed by atoms with Gasteiger partial charge in [-0.15, -0.1) is 11.3 Å². The predicted molar refractivity (Wildman–Crippen MR) is 83.7 cm³/mol. The third-order valence-electron chi connectivity index (χ3n) is 4.35. The molecule has 1 aliphatic heterocycles. The smallest absolute Gasteiger partial charge is 0.255 e. The van der Waals surface area contributed by atoms with Gasteiger partial charge in [0, 0.05) is 24.3 Å². The Hall–Kier alpha value is -1.29. The molecule has 2 unspecified atom stereocenters. The normalized spacial score (nSPS) is 25.8. The number of carbonyl (C=O) groups excluding carboxylic acids is 2. The number of hydrogen-bond donors (Lipinski definition) is 1. The highest BCUT2D eigenvalue weighted by Gasteiger charge is 2.39. The lowest BCUT2D eigenvalue weighted by molar-refractivity contribution is -0.124. The molecular weight excluding hydrogens is 340 g/mol. The van der Waals surface area contributed by atoms with E-state index in [0.717, 1.165) is 24.2 Å². The summed E-state index contributed by atoms with van der Waals surface area (Å²) < 4.78 is 28.1. The summed E-state index contributed by atoms with van der Waals surface area (Å²) in [7, 11) is -3.82. The number of carbonyl (C=O) groups is 2. The molecule has 3 rings (SSSR count). The zero-order valence-electron chi connectivity index (χ0n) is 12.4. The molecule has 0 spiro atoms. The zero-order chi connectivity index (χ0) is 16.6. The lowest BCUT2D eigenvalue weighted by Gasteiger charge is -2.38. The first kappa shape index (κ1) is 16.6. The average Bonchev–Trinajstić information content (AvgIpc) is 3.15. The van der Waals surface area contributed by atoms with Gasteiger partial charge in [-0.1, -0.05) is 0 Å². The molecule has 1 saturated carbocycles. The fourth-order valence-electron chi connectivity index (χ4n) is 3.20. The minimum Gasteiger partial charge on any atom is -0.377 e. The Morgan fingerprint density at radius 2 is 2.22 bits per heavy atom. The van der Waals surface area contributed by atoms with Crippen LogP contribution < -0.4 is 5.14 Å². The Morgan fingerprint density at radius 3 is 2.83 bits per heavy atom. The largest absolute Gasteiger partial charge is 0.377 e. The van der Waals surface area contributed by atoms with E-state index in [4.69, 9.17) is 9.88 Å². The van der Waals surface area contributed by atoms with Gasteiger partial charge in [0.05, 0.1) is 24.8 Å². The number of nitrogens with two attached hydrogens (primary N) is 1. The molecule has 1 aliphatic carbocycles. The molecule has 0 aromatic carbocycles. The maximum atomic E-state index is 12.7. The fraction of sp³-hybridized carbons (Fsp3) is 0.571. The third-order valence-corrected chi connectivity index (χ3v) is 6.73. The Balaban J connectivity index is 1.84. The summed E-state index contributed by atoms with van der Waals surface area (Å²) in [5.74, 6) is -0.284. The highest BCUT2D eigenvalue weighted by Crippen LogP contribution is 2.30. The Morgan fingerprint density at radius 1 is 1.43 bits per heavy atom. The van der Waals surface area contributed by atoms with Crippen LogP contribution in [-0.4, -0.2) is 50.8 Å². The van der Waals surface area contributed by atoms with Crippen LogP contribution in [0.1, 0.15) is 29.6 Å². The minimum absolute atomic E-state index is 0.0393. The van der Waals surface area contributed by atoms with Crippen molar-refractivity contribution in [3.05, 3.63) is 17.0 Å². The van der Waals surface area contributed by atoms with Crippen LogP contribution in [0.2, 0.25) is 0 Å². The molecule has 7 nitrogen and oxygen atoms in total. The van der Waals surface area contributed by atoms with Gasteiger partial charge in [0.1, 0.15) is 9.99 Å². The molecule has 0 bridgehead atoms. The number of Topliss-reactive ketones (excluding diaryl/α,β-unsaturated/α-hetero) is 1. The second kappa shape index (κ2) is 6.31. The molecule has 1 aromatic rings. The molecule has 2 fully saturated rings. The molecule has 126 valence electrons. The molecule has 1 aromatic heterocycles. The summed E-state index contributed by atoms with van der Waals surface area (Å²) >= 11 is 0.924. The maximum absolute atomic E-state index is 12.7. The van der Waals surface area contributed by atoms with Crippen LogP contribution in [-0.2, 0) is 19.6 Å². The maximum Gasteiger partial charge on any atom is 0.255 e. The van der Waals surface area contributed by atoms with E-state index in [-0.39, 0.29) is 33.4 Å². The summed E-state index contributed by atoms with van der Waals surface area (Å²) in [5.41, 5.74) is 0.288. The summed E-state index contributed by atoms with van der Waals surface area (Å²) in [5, 5.41) is 6.58. The van der Waals surface area contributed by atoms with Crippen molar-refractivity contribution in [2.24, 2.45) is 11.1 Å². The van der Waals surface area contributed by atoms with Gasteiger partial charge in [0.2, 0.25) is 10.0 Å². The van der Waals surface area contributed by atoms with Crippen molar-refractivity contribution >= 4 is 33.1 Å². The van der Waals surface area contributed by atoms with Crippen molar-refractivity contribution in [1.29, 1.82) is 0 Å². The lowest BCUT2D eigenvalue weighted by Crippen LogP contribution is -2.53. The van der Waals surface area contributed by atoms with Crippen LogP contribution in [0.4, 0.5) is 0 Å². The van der Waals surface area contributed by atoms with Crippen LogP contribution in [0, 0.1) is 5.92 Å². The van der Waals surface area contributed by atoms with E-state index < -0.39 is 10.0 Å². The van der Waals surface area contributed by atoms with Crippen LogP contribution in [0.15, 0.2) is 15.7 Å². The average molecular weight is 358 g/mol. The van der Waals surface area contributed by atoms with Crippen molar-refractivity contribution in [1.82, 2.24) is 4.90 Å². The first-order valence-electron chi connectivity index (χ1n) is 7.40. The molecule has 1 amide bonds. The highest BCUT2D eigenvalue weighted by molar-refractivity contribution is 7.91. The van der Waals surface area contributed by atoms with E-state index in [1.54, 1.807) is 4.90 Å². The van der Waals surface area contributed by atoms with Gasteiger partial charge in [-0.2, -0.15) is 0 Å². The zero-order valence-corrected chi connectivity index (χ0v) is 14.1. The van der Waals surface area contributed by atoms with E-state index in [1.165, 1.54) is 11.4 Å². The third kappa shape index (κ3) is 3.32. The molecule has 1 saturated heterocycles. The topological polar surface area (TPSA) is 107 Å². The number of sulfonamides is 1. The molecule has 0 radical (unpaired) electrons. The Bertz CT molecular complexity index is 727. The Kier molecular flexibility index (Phi) is 4.54. The molecule has 2 heterocycles. The van der Waals surface area contributed by atoms with E-state index in [9.17, 15) is 18.0 Å². The predicted octanol–water partition coefficient (Wildman–Crippen LogP) is 0.606.